The van der Waals surface area contributed by atoms with Crippen LogP contribution in [0.15, 0.2) is 37.2 Å². The Morgan fingerprint density at radius 3 is 2.65 bits per heavy atom. The predicted octanol–water partition coefficient (Wildman–Crippen LogP) is 3.00. The monoisotopic (exact) mass is 227 g/mol. The average Bonchev–Trinajstić information content (AvgIpc) is 2.74. The van der Waals surface area contributed by atoms with Gasteiger partial charge in [-0.1, -0.05) is 24.3 Å². The van der Waals surface area contributed by atoms with Crippen molar-refractivity contribution in [2.45, 2.75) is 26.7 Å². The fourth-order valence-electron chi connectivity index (χ4n) is 2.03. The Balaban J connectivity index is 2.46. The van der Waals surface area contributed by atoms with Crippen molar-refractivity contribution in [1.82, 2.24) is 14.8 Å². The van der Waals surface area contributed by atoms with Gasteiger partial charge in [0.05, 0.1) is 5.69 Å². The lowest BCUT2D eigenvalue weighted by Gasteiger charge is -2.12. The number of benzene rings is 1. The van der Waals surface area contributed by atoms with E-state index in [0.29, 0.717) is 0 Å². The van der Waals surface area contributed by atoms with Crippen LogP contribution in [0.3, 0.4) is 0 Å². The maximum Gasteiger partial charge on any atom is 0.137 e. The Morgan fingerprint density at radius 1 is 1.29 bits per heavy atom. The maximum atomic E-state index is 4.18. The maximum absolute atomic E-state index is 4.18. The molecule has 0 spiro atoms. The highest BCUT2D eigenvalue weighted by molar-refractivity contribution is 5.47. The van der Waals surface area contributed by atoms with Gasteiger partial charge in [0.15, 0.2) is 0 Å². The molecule has 0 unspecified atom stereocenters. The summed E-state index contributed by atoms with van der Waals surface area (Å²) in [6, 6.07) is 6.29. The molecule has 2 rings (SSSR count). The fraction of sp³-hybridized carbons (Fsp3) is 0.286. The van der Waals surface area contributed by atoms with E-state index in [1.165, 1.54) is 16.8 Å². The summed E-state index contributed by atoms with van der Waals surface area (Å²) >= 11 is 0. The van der Waals surface area contributed by atoms with Gasteiger partial charge in [-0.3, -0.25) is 4.57 Å². The summed E-state index contributed by atoms with van der Waals surface area (Å²) in [7, 11) is 0. The lowest BCUT2D eigenvalue weighted by atomic mass is 10.1. The third-order valence-corrected chi connectivity index (χ3v) is 2.87. The van der Waals surface area contributed by atoms with Gasteiger partial charge >= 0.3 is 0 Å². The van der Waals surface area contributed by atoms with Crippen molar-refractivity contribution in [3.05, 3.63) is 54.1 Å². The second kappa shape index (κ2) is 4.95. The van der Waals surface area contributed by atoms with Crippen LogP contribution in [0.4, 0.5) is 0 Å². The summed E-state index contributed by atoms with van der Waals surface area (Å²) in [5.41, 5.74) is 3.67. The molecule has 3 heteroatoms. The van der Waals surface area contributed by atoms with Crippen LogP contribution in [0.1, 0.15) is 23.4 Å². The van der Waals surface area contributed by atoms with Crippen LogP contribution in [-0.4, -0.2) is 14.8 Å². The van der Waals surface area contributed by atoms with Gasteiger partial charge in [-0.25, -0.2) is 0 Å². The first-order chi connectivity index (χ1) is 8.24. The molecule has 0 saturated heterocycles. The number of aromatic nitrogens is 3. The molecule has 0 amide bonds. The molecule has 0 atom stereocenters. The van der Waals surface area contributed by atoms with E-state index in [-0.39, 0.29) is 0 Å². The van der Waals surface area contributed by atoms with Gasteiger partial charge in [0.25, 0.3) is 0 Å². The second-order valence-electron chi connectivity index (χ2n) is 4.18. The Labute approximate surface area is 102 Å². The standard InChI is InChI=1S/C14H17N3/c1-4-5-9-13-16-15-10-17(13)14-11(2)7-6-8-12(14)3/h4,6-8,10H,1,5,9H2,2-3H3. The highest BCUT2D eigenvalue weighted by atomic mass is 15.3. The van der Waals surface area contributed by atoms with Crippen LogP contribution >= 0.6 is 0 Å². The SMILES string of the molecule is C=CCCc1nncn1-c1c(C)cccc1C. The number of rotatable bonds is 4. The van der Waals surface area contributed by atoms with Crippen molar-refractivity contribution < 1.29 is 0 Å². The van der Waals surface area contributed by atoms with Gasteiger partial charge in [0.1, 0.15) is 12.2 Å². The summed E-state index contributed by atoms with van der Waals surface area (Å²) in [6.45, 7) is 7.96. The first kappa shape index (κ1) is 11.6. The molecular weight excluding hydrogens is 210 g/mol. The van der Waals surface area contributed by atoms with Crippen LogP contribution in [0, 0.1) is 13.8 Å². The van der Waals surface area contributed by atoms with E-state index in [0.717, 1.165) is 18.7 Å². The molecule has 0 fully saturated rings. The van der Waals surface area contributed by atoms with Gasteiger partial charge in [0, 0.05) is 6.42 Å². The highest BCUT2D eigenvalue weighted by Gasteiger charge is 2.09. The summed E-state index contributed by atoms with van der Waals surface area (Å²) in [4.78, 5) is 0. The molecule has 0 N–H and O–H groups in total. The van der Waals surface area contributed by atoms with Gasteiger partial charge in [-0.2, -0.15) is 0 Å². The first-order valence-electron chi connectivity index (χ1n) is 5.80. The largest absolute Gasteiger partial charge is 0.285 e. The summed E-state index contributed by atoms with van der Waals surface area (Å²) in [5, 5.41) is 8.19. The Hall–Kier alpha value is -1.90. The van der Waals surface area contributed by atoms with Crippen molar-refractivity contribution in [3.8, 4) is 5.69 Å². The summed E-state index contributed by atoms with van der Waals surface area (Å²) in [5.74, 6) is 0.988. The third kappa shape index (κ3) is 2.28. The molecule has 0 bridgehead atoms. The van der Waals surface area contributed by atoms with Crippen LogP contribution in [0.25, 0.3) is 5.69 Å². The number of aryl methyl sites for hydroxylation is 3. The van der Waals surface area contributed by atoms with Gasteiger partial charge in [-0.05, 0) is 31.4 Å². The van der Waals surface area contributed by atoms with Crippen molar-refractivity contribution >= 4 is 0 Å². The van der Waals surface area contributed by atoms with E-state index in [9.17, 15) is 0 Å². The quantitative estimate of drug-likeness (QED) is 0.752. The Kier molecular flexibility index (Phi) is 3.38. The predicted molar refractivity (Wildman–Crippen MR) is 69.4 cm³/mol. The fourth-order valence-corrected chi connectivity index (χ4v) is 2.03. The molecule has 0 aliphatic heterocycles. The zero-order valence-corrected chi connectivity index (χ0v) is 10.3. The topological polar surface area (TPSA) is 30.7 Å². The Morgan fingerprint density at radius 2 is 2.00 bits per heavy atom. The molecule has 2 aromatic rings. The normalized spacial score (nSPS) is 10.5. The minimum Gasteiger partial charge on any atom is -0.285 e. The molecule has 17 heavy (non-hydrogen) atoms. The lowest BCUT2D eigenvalue weighted by Crippen LogP contribution is -2.04. The number of hydrogen-bond acceptors (Lipinski definition) is 2. The lowest BCUT2D eigenvalue weighted by molar-refractivity contribution is 0.832. The van der Waals surface area contributed by atoms with Crippen LogP contribution < -0.4 is 0 Å². The molecule has 0 aliphatic carbocycles. The number of nitrogens with zero attached hydrogens (tertiary/aromatic N) is 3. The molecule has 1 aromatic carbocycles. The zero-order chi connectivity index (χ0) is 12.3. The molecular formula is C14H17N3. The molecule has 0 radical (unpaired) electrons. The average molecular weight is 227 g/mol. The van der Waals surface area contributed by atoms with E-state index in [4.69, 9.17) is 0 Å². The molecule has 1 heterocycles. The second-order valence-corrected chi connectivity index (χ2v) is 4.18. The Bertz CT molecular complexity index is 506. The van der Waals surface area contributed by atoms with Crippen LogP contribution in [0.5, 0.6) is 0 Å². The van der Waals surface area contributed by atoms with Crippen molar-refractivity contribution in [3.63, 3.8) is 0 Å². The van der Waals surface area contributed by atoms with E-state index in [1.807, 2.05) is 6.08 Å². The van der Waals surface area contributed by atoms with Crippen LogP contribution in [0.2, 0.25) is 0 Å². The molecule has 1 aromatic heterocycles. The van der Waals surface area contributed by atoms with Gasteiger partial charge in [-0.15, -0.1) is 16.8 Å². The van der Waals surface area contributed by atoms with Crippen molar-refractivity contribution in [2.75, 3.05) is 0 Å². The molecule has 0 aliphatic rings. The minimum absolute atomic E-state index is 0.872. The van der Waals surface area contributed by atoms with E-state index >= 15 is 0 Å². The van der Waals surface area contributed by atoms with Crippen molar-refractivity contribution in [1.29, 1.82) is 0 Å². The number of para-hydroxylation sites is 1. The van der Waals surface area contributed by atoms with Crippen molar-refractivity contribution in [2.24, 2.45) is 0 Å². The summed E-state index contributed by atoms with van der Waals surface area (Å²) in [6.07, 6.45) is 5.48. The van der Waals surface area contributed by atoms with E-state index in [2.05, 4.69) is 53.4 Å². The third-order valence-electron chi connectivity index (χ3n) is 2.87. The first-order valence-corrected chi connectivity index (χ1v) is 5.80. The molecule has 0 saturated carbocycles. The number of allylic oxidation sites excluding steroid dienone is 1. The smallest absolute Gasteiger partial charge is 0.137 e. The number of hydrogen-bond donors (Lipinski definition) is 0. The minimum atomic E-state index is 0.872. The van der Waals surface area contributed by atoms with E-state index < -0.39 is 0 Å². The zero-order valence-electron chi connectivity index (χ0n) is 10.3. The summed E-state index contributed by atoms with van der Waals surface area (Å²) < 4.78 is 2.08. The van der Waals surface area contributed by atoms with Gasteiger partial charge in [0.2, 0.25) is 0 Å². The van der Waals surface area contributed by atoms with Crippen LogP contribution in [-0.2, 0) is 6.42 Å². The molecule has 88 valence electrons. The molecule has 3 nitrogen and oxygen atoms in total. The van der Waals surface area contributed by atoms with E-state index in [1.54, 1.807) is 6.33 Å². The highest BCUT2D eigenvalue weighted by Crippen LogP contribution is 2.20. The van der Waals surface area contributed by atoms with Gasteiger partial charge < -0.3 is 0 Å².